The quantitative estimate of drug-likeness (QED) is 0.895. The van der Waals surface area contributed by atoms with Crippen LogP contribution in [0.4, 0.5) is 0 Å². The number of para-hydroxylation sites is 1. The van der Waals surface area contributed by atoms with Crippen LogP contribution in [0.5, 0.6) is 0 Å². The molecule has 0 bridgehead atoms. The summed E-state index contributed by atoms with van der Waals surface area (Å²) in [5.41, 5.74) is 3.44. The zero-order chi connectivity index (χ0) is 15.0. The van der Waals surface area contributed by atoms with Crippen molar-refractivity contribution in [3.05, 3.63) is 35.5 Å². The highest BCUT2D eigenvalue weighted by Crippen LogP contribution is 2.24. The van der Waals surface area contributed by atoms with Crippen LogP contribution >= 0.6 is 0 Å². The van der Waals surface area contributed by atoms with Crippen molar-refractivity contribution in [2.75, 3.05) is 0 Å². The van der Waals surface area contributed by atoms with Gasteiger partial charge in [-0.15, -0.1) is 0 Å². The molecule has 2 heterocycles. The Morgan fingerprint density at radius 3 is 2.90 bits per heavy atom. The Labute approximate surface area is 123 Å². The maximum absolute atomic E-state index is 12.1. The van der Waals surface area contributed by atoms with Gasteiger partial charge in [-0.05, 0) is 25.0 Å². The van der Waals surface area contributed by atoms with Crippen LogP contribution in [0.15, 0.2) is 24.3 Å². The molecular formula is C16H19N3O2. The summed E-state index contributed by atoms with van der Waals surface area (Å²) in [7, 11) is 2.03. The molecule has 0 radical (unpaired) electrons. The Bertz CT molecular complexity index is 718. The molecule has 1 fully saturated rings. The lowest BCUT2D eigenvalue weighted by molar-refractivity contribution is -0.125. The molecule has 0 aliphatic carbocycles. The highest BCUT2D eigenvalue weighted by molar-refractivity contribution is 5.91. The topological polar surface area (TPSA) is 63.1 Å². The fourth-order valence-corrected chi connectivity index (χ4v) is 2.93. The first kappa shape index (κ1) is 13.7. The van der Waals surface area contributed by atoms with Gasteiger partial charge in [0.1, 0.15) is 6.04 Å². The molecule has 1 aliphatic rings. The van der Waals surface area contributed by atoms with E-state index in [1.165, 1.54) is 0 Å². The molecule has 1 aromatic carbocycles. The fourth-order valence-electron chi connectivity index (χ4n) is 2.93. The first-order chi connectivity index (χ1) is 10.1. The van der Waals surface area contributed by atoms with Crippen molar-refractivity contribution < 1.29 is 9.59 Å². The number of amides is 2. The number of hydrogen-bond donors (Lipinski definition) is 2. The first-order valence-electron chi connectivity index (χ1n) is 7.18. The molecule has 1 unspecified atom stereocenters. The van der Waals surface area contributed by atoms with E-state index >= 15 is 0 Å². The SMILES string of the molecule is Cc1c(CNC(=O)C2CCC(=O)N2)c2ccccc2n1C. The minimum Gasteiger partial charge on any atom is -0.350 e. The molecule has 0 spiro atoms. The summed E-state index contributed by atoms with van der Waals surface area (Å²) in [5, 5.41) is 6.79. The Morgan fingerprint density at radius 2 is 2.19 bits per heavy atom. The molecule has 2 N–H and O–H groups in total. The molecule has 2 amide bonds. The zero-order valence-corrected chi connectivity index (χ0v) is 12.3. The summed E-state index contributed by atoms with van der Waals surface area (Å²) in [5.74, 6) is -0.148. The molecule has 5 heteroatoms. The summed E-state index contributed by atoms with van der Waals surface area (Å²) in [6, 6.07) is 7.78. The lowest BCUT2D eigenvalue weighted by atomic mass is 10.1. The third-order valence-corrected chi connectivity index (χ3v) is 4.28. The molecule has 5 nitrogen and oxygen atoms in total. The maximum atomic E-state index is 12.1. The largest absolute Gasteiger partial charge is 0.350 e. The molecule has 1 saturated heterocycles. The van der Waals surface area contributed by atoms with E-state index in [-0.39, 0.29) is 17.9 Å². The van der Waals surface area contributed by atoms with E-state index in [1.807, 2.05) is 19.2 Å². The number of nitrogens with one attached hydrogen (secondary N) is 2. The van der Waals surface area contributed by atoms with Crippen molar-refractivity contribution in [2.45, 2.75) is 32.4 Å². The van der Waals surface area contributed by atoms with Crippen molar-refractivity contribution in [1.82, 2.24) is 15.2 Å². The minimum absolute atomic E-state index is 0.0449. The Hall–Kier alpha value is -2.30. The second kappa shape index (κ2) is 5.24. The normalized spacial score (nSPS) is 18.0. The average molecular weight is 285 g/mol. The van der Waals surface area contributed by atoms with Gasteiger partial charge in [0.2, 0.25) is 11.8 Å². The number of benzene rings is 1. The zero-order valence-electron chi connectivity index (χ0n) is 12.3. The van der Waals surface area contributed by atoms with Crippen molar-refractivity contribution in [3.63, 3.8) is 0 Å². The van der Waals surface area contributed by atoms with Crippen LogP contribution in [0.2, 0.25) is 0 Å². The molecule has 1 aromatic heterocycles. The van der Waals surface area contributed by atoms with Gasteiger partial charge < -0.3 is 15.2 Å². The van der Waals surface area contributed by atoms with Gasteiger partial charge in [0, 0.05) is 36.6 Å². The van der Waals surface area contributed by atoms with Gasteiger partial charge in [-0.2, -0.15) is 0 Å². The van der Waals surface area contributed by atoms with Gasteiger partial charge in [-0.3, -0.25) is 9.59 Å². The van der Waals surface area contributed by atoms with Gasteiger partial charge >= 0.3 is 0 Å². The third-order valence-electron chi connectivity index (χ3n) is 4.28. The molecule has 3 rings (SSSR count). The molecule has 110 valence electrons. The molecule has 1 aliphatic heterocycles. The van der Waals surface area contributed by atoms with E-state index in [4.69, 9.17) is 0 Å². The predicted molar refractivity (Wildman–Crippen MR) is 80.7 cm³/mol. The Balaban J connectivity index is 1.78. The summed E-state index contributed by atoms with van der Waals surface area (Å²) in [4.78, 5) is 23.3. The van der Waals surface area contributed by atoms with Gasteiger partial charge in [-0.25, -0.2) is 0 Å². The van der Waals surface area contributed by atoms with Gasteiger partial charge in [0.25, 0.3) is 0 Å². The van der Waals surface area contributed by atoms with E-state index in [0.717, 1.165) is 22.2 Å². The molecule has 21 heavy (non-hydrogen) atoms. The Kier molecular flexibility index (Phi) is 3.41. The summed E-state index contributed by atoms with van der Waals surface area (Å²) >= 11 is 0. The number of aryl methyl sites for hydroxylation is 1. The molecule has 2 aromatic rings. The second-order valence-corrected chi connectivity index (χ2v) is 5.52. The van der Waals surface area contributed by atoms with E-state index in [0.29, 0.717) is 19.4 Å². The van der Waals surface area contributed by atoms with Crippen LogP contribution in [-0.2, 0) is 23.2 Å². The van der Waals surface area contributed by atoms with Crippen molar-refractivity contribution in [1.29, 1.82) is 0 Å². The van der Waals surface area contributed by atoms with E-state index in [2.05, 4.69) is 34.3 Å². The van der Waals surface area contributed by atoms with Crippen LogP contribution in [0.25, 0.3) is 10.9 Å². The number of aromatic nitrogens is 1. The van der Waals surface area contributed by atoms with Crippen molar-refractivity contribution in [2.24, 2.45) is 7.05 Å². The summed E-state index contributed by atoms with van der Waals surface area (Å²) in [6.07, 6.45) is 1.02. The summed E-state index contributed by atoms with van der Waals surface area (Å²) < 4.78 is 2.13. The number of fused-ring (bicyclic) bond motifs is 1. The highest BCUT2D eigenvalue weighted by atomic mass is 16.2. The Morgan fingerprint density at radius 1 is 1.43 bits per heavy atom. The number of nitrogens with zero attached hydrogens (tertiary/aromatic N) is 1. The van der Waals surface area contributed by atoms with Gasteiger partial charge in [-0.1, -0.05) is 18.2 Å². The van der Waals surface area contributed by atoms with Gasteiger partial charge in [0.05, 0.1) is 0 Å². The monoisotopic (exact) mass is 285 g/mol. The van der Waals surface area contributed by atoms with Crippen LogP contribution in [0, 0.1) is 6.92 Å². The molecule has 0 saturated carbocycles. The van der Waals surface area contributed by atoms with E-state index in [9.17, 15) is 9.59 Å². The predicted octanol–water partition coefficient (Wildman–Crippen LogP) is 1.38. The van der Waals surface area contributed by atoms with Crippen LogP contribution in [0.3, 0.4) is 0 Å². The number of hydrogen-bond acceptors (Lipinski definition) is 2. The second-order valence-electron chi connectivity index (χ2n) is 5.52. The van der Waals surface area contributed by atoms with E-state index < -0.39 is 0 Å². The molecular weight excluding hydrogens is 266 g/mol. The number of carbonyl (C=O) groups excluding carboxylic acids is 2. The molecule has 1 atom stereocenters. The average Bonchev–Trinajstić information content (AvgIpc) is 3.02. The van der Waals surface area contributed by atoms with Crippen molar-refractivity contribution in [3.8, 4) is 0 Å². The maximum Gasteiger partial charge on any atom is 0.242 e. The van der Waals surface area contributed by atoms with E-state index in [1.54, 1.807) is 0 Å². The van der Waals surface area contributed by atoms with Crippen molar-refractivity contribution >= 4 is 22.7 Å². The smallest absolute Gasteiger partial charge is 0.242 e. The third kappa shape index (κ3) is 2.39. The highest BCUT2D eigenvalue weighted by Gasteiger charge is 2.27. The van der Waals surface area contributed by atoms with Gasteiger partial charge in [0.15, 0.2) is 0 Å². The lowest BCUT2D eigenvalue weighted by Gasteiger charge is -2.11. The minimum atomic E-state index is -0.382. The van der Waals surface area contributed by atoms with Crippen LogP contribution in [0.1, 0.15) is 24.1 Å². The number of carbonyl (C=O) groups is 2. The lowest BCUT2D eigenvalue weighted by Crippen LogP contribution is -2.41. The van der Waals surface area contributed by atoms with Crippen LogP contribution < -0.4 is 10.6 Å². The van der Waals surface area contributed by atoms with Crippen LogP contribution in [-0.4, -0.2) is 22.4 Å². The summed E-state index contributed by atoms with van der Waals surface area (Å²) in [6.45, 7) is 2.54. The first-order valence-corrected chi connectivity index (χ1v) is 7.18. The fraction of sp³-hybridized carbons (Fsp3) is 0.375. The number of rotatable bonds is 3. The standard InChI is InChI=1S/C16H19N3O2/c1-10-12(11-5-3-4-6-14(11)19(10)2)9-17-16(21)13-7-8-15(20)18-13/h3-6,13H,7-9H2,1-2H3,(H,17,21)(H,18,20).